The van der Waals surface area contributed by atoms with Crippen molar-refractivity contribution in [1.82, 2.24) is 9.88 Å². The van der Waals surface area contributed by atoms with Crippen molar-refractivity contribution in [2.45, 2.75) is 26.3 Å². The second kappa shape index (κ2) is 7.82. The summed E-state index contributed by atoms with van der Waals surface area (Å²) >= 11 is 6.34. The SMILES string of the molecule is CCNC(=O)C(=O)c1c(Cl)c(C(=O)Nc2ccc(F)c(C#N)c2)n2c1CCC2. The van der Waals surface area contributed by atoms with Gasteiger partial charge in [-0.3, -0.25) is 14.4 Å². The smallest absolute Gasteiger partial charge is 0.292 e. The van der Waals surface area contributed by atoms with Crippen LogP contribution in [0.15, 0.2) is 18.2 Å². The topological polar surface area (TPSA) is 104 Å². The van der Waals surface area contributed by atoms with Crippen molar-refractivity contribution < 1.29 is 18.8 Å². The summed E-state index contributed by atoms with van der Waals surface area (Å²) in [5, 5.41) is 13.8. The van der Waals surface area contributed by atoms with Gasteiger partial charge in [-0.15, -0.1) is 0 Å². The summed E-state index contributed by atoms with van der Waals surface area (Å²) in [5.74, 6) is -2.88. The van der Waals surface area contributed by atoms with Crippen molar-refractivity contribution >= 4 is 34.9 Å². The fourth-order valence-corrected chi connectivity index (χ4v) is 3.61. The minimum atomic E-state index is -0.787. The van der Waals surface area contributed by atoms with E-state index >= 15 is 0 Å². The highest BCUT2D eigenvalue weighted by atomic mass is 35.5. The van der Waals surface area contributed by atoms with E-state index < -0.39 is 23.4 Å². The summed E-state index contributed by atoms with van der Waals surface area (Å²) in [7, 11) is 0. The van der Waals surface area contributed by atoms with Gasteiger partial charge in [0.25, 0.3) is 17.6 Å². The van der Waals surface area contributed by atoms with Crippen LogP contribution in [-0.2, 0) is 17.8 Å². The van der Waals surface area contributed by atoms with Crippen molar-refractivity contribution in [2.75, 3.05) is 11.9 Å². The number of nitrogens with zero attached hydrogens (tertiary/aromatic N) is 2. The number of carbonyl (C=O) groups is 3. The second-order valence-corrected chi connectivity index (χ2v) is 6.57. The van der Waals surface area contributed by atoms with Crippen LogP contribution in [0.2, 0.25) is 5.02 Å². The number of nitrogens with one attached hydrogen (secondary N) is 2. The van der Waals surface area contributed by atoms with E-state index in [-0.39, 0.29) is 34.1 Å². The predicted molar refractivity (Wildman–Crippen MR) is 99.8 cm³/mol. The van der Waals surface area contributed by atoms with E-state index in [9.17, 15) is 18.8 Å². The molecule has 0 radical (unpaired) electrons. The lowest BCUT2D eigenvalue weighted by Crippen LogP contribution is -2.31. The summed E-state index contributed by atoms with van der Waals surface area (Å²) < 4.78 is 15.1. The maximum Gasteiger partial charge on any atom is 0.292 e. The Labute approximate surface area is 165 Å². The Kier molecular flexibility index (Phi) is 5.47. The van der Waals surface area contributed by atoms with Crippen LogP contribution >= 0.6 is 11.6 Å². The van der Waals surface area contributed by atoms with Gasteiger partial charge < -0.3 is 15.2 Å². The van der Waals surface area contributed by atoms with Gasteiger partial charge in [0.05, 0.1) is 16.1 Å². The molecule has 0 bridgehead atoms. The zero-order chi connectivity index (χ0) is 20.4. The highest BCUT2D eigenvalue weighted by Gasteiger charge is 2.34. The van der Waals surface area contributed by atoms with Crippen LogP contribution in [0, 0.1) is 17.1 Å². The molecule has 0 saturated heterocycles. The van der Waals surface area contributed by atoms with Gasteiger partial charge in [0, 0.05) is 24.5 Å². The quantitative estimate of drug-likeness (QED) is 0.592. The van der Waals surface area contributed by atoms with Gasteiger partial charge in [0.15, 0.2) is 0 Å². The second-order valence-electron chi connectivity index (χ2n) is 6.19. The Balaban J connectivity index is 1.98. The Hall–Kier alpha value is -3.18. The summed E-state index contributed by atoms with van der Waals surface area (Å²) in [6, 6.07) is 5.29. The molecule has 1 aliphatic rings. The van der Waals surface area contributed by atoms with Crippen molar-refractivity contribution in [1.29, 1.82) is 5.26 Å². The average molecular weight is 403 g/mol. The number of likely N-dealkylation sites (N-methyl/N-ethyl adjacent to an activating group) is 1. The van der Waals surface area contributed by atoms with Crippen molar-refractivity contribution in [3.63, 3.8) is 0 Å². The fraction of sp³-hybridized carbons (Fsp3) is 0.263. The van der Waals surface area contributed by atoms with E-state index in [0.29, 0.717) is 25.1 Å². The predicted octanol–water partition coefficient (Wildman–Crippen LogP) is 2.67. The molecule has 1 aromatic carbocycles. The lowest BCUT2D eigenvalue weighted by atomic mass is 10.1. The molecular formula is C19H16ClFN4O3. The van der Waals surface area contributed by atoms with Crippen LogP contribution in [0.25, 0.3) is 0 Å². The number of carbonyl (C=O) groups excluding carboxylic acids is 3. The van der Waals surface area contributed by atoms with Gasteiger partial charge in [-0.2, -0.15) is 5.26 Å². The van der Waals surface area contributed by atoms with Crippen LogP contribution in [0.3, 0.4) is 0 Å². The van der Waals surface area contributed by atoms with Gasteiger partial charge in [0.2, 0.25) is 0 Å². The van der Waals surface area contributed by atoms with Crippen molar-refractivity contribution in [3.8, 4) is 6.07 Å². The number of rotatable bonds is 5. The van der Waals surface area contributed by atoms with Crippen molar-refractivity contribution in [3.05, 3.63) is 51.6 Å². The van der Waals surface area contributed by atoms with Gasteiger partial charge in [-0.05, 0) is 38.0 Å². The van der Waals surface area contributed by atoms with E-state index in [1.165, 1.54) is 12.1 Å². The molecule has 2 heterocycles. The standard InChI is InChI=1S/C19H16ClFN4O3/c1-2-23-19(28)17(26)14-13-4-3-7-25(13)16(15(14)20)18(27)24-11-5-6-12(21)10(8-11)9-22/h5-6,8H,2-4,7H2,1H3,(H,23,28)(H,24,27). The van der Waals surface area contributed by atoms with Gasteiger partial charge in [0.1, 0.15) is 17.6 Å². The first kappa shape index (κ1) is 19.6. The van der Waals surface area contributed by atoms with Crippen LogP contribution in [0.1, 0.15) is 45.4 Å². The fourth-order valence-electron chi connectivity index (χ4n) is 3.23. The lowest BCUT2D eigenvalue weighted by molar-refractivity contribution is -0.116. The molecule has 0 unspecified atom stereocenters. The third kappa shape index (κ3) is 3.37. The molecule has 144 valence electrons. The molecule has 9 heteroatoms. The molecule has 7 nitrogen and oxygen atoms in total. The summed E-state index contributed by atoms with van der Waals surface area (Å²) in [5.41, 5.74) is 0.639. The molecule has 2 N–H and O–H groups in total. The molecule has 2 aromatic rings. The van der Waals surface area contributed by atoms with E-state index in [2.05, 4.69) is 10.6 Å². The lowest BCUT2D eigenvalue weighted by Gasteiger charge is -2.09. The molecule has 1 aromatic heterocycles. The largest absolute Gasteiger partial charge is 0.349 e. The molecule has 0 fully saturated rings. The van der Waals surface area contributed by atoms with Gasteiger partial charge in [-0.1, -0.05) is 11.6 Å². The van der Waals surface area contributed by atoms with Gasteiger partial charge >= 0.3 is 0 Å². The molecule has 1 aliphatic heterocycles. The zero-order valence-electron chi connectivity index (χ0n) is 14.9. The number of nitriles is 1. The minimum Gasteiger partial charge on any atom is -0.349 e. The summed E-state index contributed by atoms with van der Waals surface area (Å²) in [6.07, 6.45) is 1.22. The Morgan fingerprint density at radius 1 is 1.36 bits per heavy atom. The molecule has 3 rings (SSSR count). The van der Waals surface area contributed by atoms with E-state index in [1.807, 2.05) is 0 Å². The van der Waals surface area contributed by atoms with E-state index in [4.69, 9.17) is 16.9 Å². The van der Waals surface area contributed by atoms with Crippen LogP contribution in [0.5, 0.6) is 0 Å². The third-order valence-corrected chi connectivity index (χ3v) is 4.81. The number of ketones is 1. The number of Topliss-reactive ketones (excluding diaryl/α,β-unsaturated/α-hetero) is 1. The number of amides is 2. The first-order valence-electron chi connectivity index (χ1n) is 8.63. The minimum absolute atomic E-state index is 0.0343. The summed E-state index contributed by atoms with van der Waals surface area (Å²) in [6.45, 7) is 2.46. The molecule has 0 spiro atoms. The molecule has 0 saturated carbocycles. The molecule has 2 amide bonds. The Morgan fingerprint density at radius 2 is 2.11 bits per heavy atom. The number of hydrogen-bond donors (Lipinski definition) is 2. The van der Waals surface area contributed by atoms with Crippen LogP contribution in [0.4, 0.5) is 10.1 Å². The van der Waals surface area contributed by atoms with Crippen molar-refractivity contribution in [2.24, 2.45) is 0 Å². The Morgan fingerprint density at radius 3 is 2.79 bits per heavy atom. The maximum absolute atomic E-state index is 13.5. The average Bonchev–Trinajstić information content (AvgIpc) is 3.22. The normalized spacial score (nSPS) is 12.2. The number of fused-ring (bicyclic) bond motifs is 1. The monoisotopic (exact) mass is 402 g/mol. The third-order valence-electron chi connectivity index (χ3n) is 4.44. The van der Waals surface area contributed by atoms with Crippen LogP contribution in [-0.4, -0.2) is 28.7 Å². The number of hydrogen-bond acceptors (Lipinski definition) is 4. The maximum atomic E-state index is 13.5. The number of aromatic nitrogens is 1. The highest BCUT2D eigenvalue weighted by Crippen LogP contribution is 2.34. The molecule has 0 aliphatic carbocycles. The Bertz CT molecular complexity index is 1040. The first-order valence-corrected chi connectivity index (χ1v) is 9.01. The van der Waals surface area contributed by atoms with Gasteiger partial charge in [-0.25, -0.2) is 4.39 Å². The van der Waals surface area contributed by atoms with Crippen LogP contribution < -0.4 is 10.6 Å². The van der Waals surface area contributed by atoms with E-state index in [0.717, 1.165) is 6.07 Å². The summed E-state index contributed by atoms with van der Waals surface area (Å²) in [4.78, 5) is 37.3. The first-order chi connectivity index (χ1) is 13.4. The van der Waals surface area contributed by atoms with E-state index in [1.54, 1.807) is 17.6 Å². The molecular weight excluding hydrogens is 387 g/mol. The number of anilines is 1. The highest BCUT2D eigenvalue weighted by molar-refractivity contribution is 6.48. The molecule has 28 heavy (non-hydrogen) atoms. The number of benzene rings is 1. The zero-order valence-corrected chi connectivity index (χ0v) is 15.7. The number of halogens is 2. The molecule has 0 atom stereocenters.